The summed E-state index contributed by atoms with van der Waals surface area (Å²) in [6.07, 6.45) is 1.35. The molecule has 1 heterocycles. The molecule has 1 fully saturated rings. The Bertz CT molecular complexity index is 801. The van der Waals surface area contributed by atoms with Crippen molar-refractivity contribution in [3.63, 3.8) is 0 Å². The zero-order valence-electron chi connectivity index (χ0n) is 18.2. The molecule has 1 saturated heterocycles. The number of carbonyl (C=O) groups is 1. The van der Waals surface area contributed by atoms with Crippen LogP contribution in [-0.4, -0.2) is 29.4 Å². The van der Waals surface area contributed by atoms with Gasteiger partial charge in [0.25, 0.3) is 0 Å². The van der Waals surface area contributed by atoms with Crippen LogP contribution in [0.1, 0.15) is 69.1 Å². The number of likely N-dealkylation sites (tertiary alicyclic amines) is 1. The summed E-state index contributed by atoms with van der Waals surface area (Å²) in [4.78, 5) is 15.2. The van der Waals surface area contributed by atoms with Crippen molar-refractivity contribution in [2.75, 3.05) is 18.4 Å². The Hall–Kier alpha value is -2.17. The van der Waals surface area contributed by atoms with E-state index in [1.807, 2.05) is 12.1 Å². The SMILES string of the molecule is CC(C)c1ccc(CN2CCC(N)(C(=O)Nc3ccc(C(C)C)cc3)CC2)cc1. The molecule has 0 saturated carbocycles. The maximum Gasteiger partial charge on any atom is 0.244 e. The van der Waals surface area contributed by atoms with Crippen LogP contribution in [0.3, 0.4) is 0 Å². The lowest BCUT2D eigenvalue weighted by Gasteiger charge is -2.38. The standard InChI is InChI=1S/C25H35N3O/c1-18(2)21-7-5-20(6-8-21)17-28-15-13-25(26,14-16-28)24(29)27-23-11-9-22(10-12-23)19(3)4/h5-12,18-19H,13-17,26H2,1-4H3,(H,27,29). The molecule has 3 N–H and O–H groups in total. The van der Waals surface area contributed by atoms with Crippen LogP contribution in [0.2, 0.25) is 0 Å². The average molecular weight is 394 g/mol. The number of nitrogens with zero attached hydrogens (tertiary/aromatic N) is 1. The van der Waals surface area contributed by atoms with Gasteiger partial charge >= 0.3 is 0 Å². The monoisotopic (exact) mass is 393 g/mol. The Balaban J connectivity index is 1.53. The lowest BCUT2D eigenvalue weighted by molar-refractivity contribution is -0.122. The number of nitrogens with one attached hydrogen (secondary N) is 1. The van der Waals surface area contributed by atoms with Gasteiger partial charge in [0.05, 0.1) is 5.54 Å². The second-order valence-electron chi connectivity index (χ2n) is 9.06. The van der Waals surface area contributed by atoms with Crippen LogP contribution in [0.25, 0.3) is 0 Å². The first-order chi connectivity index (χ1) is 13.8. The average Bonchev–Trinajstić information content (AvgIpc) is 2.70. The van der Waals surface area contributed by atoms with Gasteiger partial charge in [-0.25, -0.2) is 0 Å². The number of carbonyl (C=O) groups excluding carboxylic acids is 1. The Kier molecular flexibility index (Phi) is 6.76. The fourth-order valence-electron chi connectivity index (χ4n) is 3.81. The van der Waals surface area contributed by atoms with Gasteiger partial charge in [0.15, 0.2) is 0 Å². The Morgan fingerprint density at radius 1 is 0.931 bits per heavy atom. The maximum absolute atomic E-state index is 12.8. The highest BCUT2D eigenvalue weighted by atomic mass is 16.2. The van der Waals surface area contributed by atoms with Crippen LogP contribution in [0, 0.1) is 0 Å². The molecule has 0 unspecified atom stereocenters. The van der Waals surface area contributed by atoms with E-state index in [0.29, 0.717) is 24.7 Å². The smallest absolute Gasteiger partial charge is 0.244 e. The summed E-state index contributed by atoms with van der Waals surface area (Å²) in [5.74, 6) is 0.958. The molecular weight excluding hydrogens is 358 g/mol. The third-order valence-corrected chi connectivity index (χ3v) is 6.09. The third-order valence-electron chi connectivity index (χ3n) is 6.09. The first kappa shape index (κ1) is 21.5. The highest BCUT2D eigenvalue weighted by Gasteiger charge is 2.37. The summed E-state index contributed by atoms with van der Waals surface area (Å²) in [7, 11) is 0. The lowest BCUT2D eigenvalue weighted by Crippen LogP contribution is -2.57. The molecule has 4 nitrogen and oxygen atoms in total. The summed E-state index contributed by atoms with van der Waals surface area (Å²) in [6.45, 7) is 11.3. The van der Waals surface area contributed by atoms with Gasteiger partial charge in [-0.1, -0.05) is 64.1 Å². The Morgan fingerprint density at radius 3 is 1.90 bits per heavy atom. The third kappa shape index (κ3) is 5.46. The van der Waals surface area contributed by atoms with Crippen LogP contribution >= 0.6 is 0 Å². The van der Waals surface area contributed by atoms with E-state index in [1.54, 1.807) is 0 Å². The second kappa shape index (κ2) is 9.10. The highest BCUT2D eigenvalue weighted by Crippen LogP contribution is 2.24. The maximum atomic E-state index is 12.8. The molecule has 0 aromatic heterocycles. The number of anilines is 1. The molecule has 0 aliphatic carbocycles. The van der Waals surface area contributed by atoms with Crippen LogP contribution in [-0.2, 0) is 11.3 Å². The van der Waals surface area contributed by atoms with Crippen molar-refractivity contribution in [3.8, 4) is 0 Å². The Morgan fingerprint density at radius 2 is 1.41 bits per heavy atom. The largest absolute Gasteiger partial charge is 0.324 e. The first-order valence-electron chi connectivity index (χ1n) is 10.8. The second-order valence-corrected chi connectivity index (χ2v) is 9.06. The van der Waals surface area contributed by atoms with Crippen molar-refractivity contribution in [1.29, 1.82) is 0 Å². The van der Waals surface area contributed by atoms with Crippen LogP contribution in [0.15, 0.2) is 48.5 Å². The van der Waals surface area contributed by atoms with Crippen molar-refractivity contribution in [2.45, 2.75) is 64.5 Å². The molecule has 0 spiro atoms. The summed E-state index contributed by atoms with van der Waals surface area (Å²) >= 11 is 0. The van der Waals surface area contributed by atoms with Gasteiger partial charge in [0.1, 0.15) is 0 Å². The van der Waals surface area contributed by atoms with Crippen molar-refractivity contribution < 1.29 is 4.79 Å². The van der Waals surface area contributed by atoms with E-state index in [4.69, 9.17) is 5.73 Å². The minimum Gasteiger partial charge on any atom is -0.324 e. The highest BCUT2D eigenvalue weighted by molar-refractivity contribution is 5.98. The summed E-state index contributed by atoms with van der Waals surface area (Å²) in [6, 6.07) is 16.9. The van der Waals surface area contributed by atoms with Gasteiger partial charge in [-0.05, 0) is 53.5 Å². The zero-order valence-corrected chi connectivity index (χ0v) is 18.2. The molecule has 3 rings (SSSR count). The molecule has 29 heavy (non-hydrogen) atoms. The predicted molar refractivity (Wildman–Crippen MR) is 121 cm³/mol. The molecular formula is C25H35N3O. The Labute approximate surface area is 175 Å². The lowest BCUT2D eigenvalue weighted by atomic mass is 9.87. The fraction of sp³-hybridized carbons (Fsp3) is 0.480. The van der Waals surface area contributed by atoms with E-state index in [1.165, 1.54) is 16.7 Å². The molecule has 1 aliphatic heterocycles. The summed E-state index contributed by atoms with van der Waals surface area (Å²) < 4.78 is 0. The molecule has 156 valence electrons. The molecule has 2 aromatic carbocycles. The molecule has 0 atom stereocenters. The number of piperidine rings is 1. The van der Waals surface area contributed by atoms with E-state index >= 15 is 0 Å². The summed E-state index contributed by atoms with van der Waals surface area (Å²) in [5, 5.41) is 3.02. The number of nitrogens with two attached hydrogens (primary N) is 1. The van der Waals surface area contributed by atoms with E-state index in [9.17, 15) is 4.79 Å². The number of hydrogen-bond donors (Lipinski definition) is 2. The quantitative estimate of drug-likeness (QED) is 0.736. The van der Waals surface area contributed by atoms with E-state index in [2.05, 4.69) is 74.3 Å². The molecule has 2 aromatic rings. The predicted octanol–water partition coefficient (Wildman–Crippen LogP) is 4.87. The number of benzene rings is 2. The fourth-order valence-corrected chi connectivity index (χ4v) is 3.81. The van der Waals surface area contributed by atoms with Gasteiger partial charge in [0.2, 0.25) is 5.91 Å². The zero-order chi connectivity index (χ0) is 21.0. The number of rotatable bonds is 6. The topological polar surface area (TPSA) is 58.4 Å². The van der Waals surface area contributed by atoms with E-state index < -0.39 is 5.54 Å². The van der Waals surface area contributed by atoms with Gasteiger partial charge in [-0.2, -0.15) is 0 Å². The van der Waals surface area contributed by atoms with E-state index in [0.717, 1.165) is 25.3 Å². The minimum absolute atomic E-state index is 0.0734. The van der Waals surface area contributed by atoms with Crippen molar-refractivity contribution in [3.05, 3.63) is 65.2 Å². The van der Waals surface area contributed by atoms with Gasteiger partial charge in [-0.3, -0.25) is 9.69 Å². The van der Waals surface area contributed by atoms with Crippen LogP contribution in [0.4, 0.5) is 5.69 Å². The van der Waals surface area contributed by atoms with Gasteiger partial charge in [-0.15, -0.1) is 0 Å². The van der Waals surface area contributed by atoms with Crippen molar-refractivity contribution >= 4 is 11.6 Å². The molecule has 1 aliphatic rings. The van der Waals surface area contributed by atoms with Crippen LogP contribution in [0.5, 0.6) is 0 Å². The van der Waals surface area contributed by atoms with Gasteiger partial charge in [0, 0.05) is 25.3 Å². The van der Waals surface area contributed by atoms with Crippen LogP contribution < -0.4 is 11.1 Å². The molecule has 4 heteroatoms. The minimum atomic E-state index is -0.797. The number of amides is 1. The molecule has 1 amide bonds. The van der Waals surface area contributed by atoms with E-state index in [-0.39, 0.29) is 5.91 Å². The van der Waals surface area contributed by atoms with Crippen molar-refractivity contribution in [1.82, 2.24) is 4.90 Å². The number of hydrogen-bond acceptors (Lipinski definition) is 3. The molecule has 0 radical (unpaired) electrons. The first-order valence-corrected chi connectivity index (χ1v) is 10.8. The van der Waals surface area contributed by atoms with Gasteiger partial charge < -0.3 is 11.1 Å². The van der Waals surface area contributed by atoms with Crippen molar-refractivity contribution in [2.24, 2.45) is 5.73 Å². The normalized spacial score (nSPS) is 16.9. The summed E-state index contributed by atoms with van der Waals surface area (Å²) in [5.41, 5.74) is 10.5. The molecule has 0 bridgehead atoms.